The van der Waals surface area contributed by atoms with Gasteiger partial charge in [0.1, 0.15) is 30.8 Å². The minimum Gasteiger partial charge on any atom is -0.481 e. The first-order chi connectivity index (χ1) is 23.0. The molecule has 2 saturated heterocycles. The zero-order valence-corrected chi connectivity index (χ0v) is 27.8. The summed E-state index contributed by atoms with van der Waals surface area (Å²) in [6.07, 6.45) is -1.28. The van der Waals surface area contributed by atoms with Gasteiger partial charge in [-0.2, -0.15) is 11.8 Å². The highest BCUT2D eigenvalue weighted by molar-refractivity contribution is 8.00. The summed E-state index contributed by atoms with van der Waals surface area (Å²) in [5, 5.41) is 42.4. The number of alkyl halides is 1. The molecule has 9 N–H and O–H groups in total. The summed E-state index contributed by atoms with van der Waals surface area (Å²) in [7, 11) is 0. The number of Topliss-reactive ketones (excluding diaryl/α,β-unsaturated/α-hetero) is 1. The highest BCUT2D eigenvalue weighted by atomic mass is 32.2. The summed E-state index contributed by atoms with van der Waals surface area (Å²) in [6.45, 7) is 1.39. The van der Waals surface area contributed by atoms with Gasteiger partial charge in [0.15, 0.2) is 5.78 Å². The van der Waals surface area contributed by atoms with Gasteiger partial charge in [0.25, 0.3) is 0 Å². The molecule has 2 rings (SSSR count). The second-order valence-corrected chi connectivity index (χ2v) is 13.3. The molecule has 49 heavy (non-hydrogen) atoms. The standard InChI is InChI=1S/C29H43FN6O12S/c1-13(2)24(28(47)33-15(9-22(41)42)18(37)11-30)35-26(45)14(7-8-21(39)40)32-27(46)16(10-23(43)44)31-20(38)6-4-3-5-19-25-17(12-49-19)34-29(48)36-25/h13-17,19,24-25H,3-12H2,1-2H3,(H,31,38)(H,32,46)(H,33,47)(H,35,45)(H,39,40)(H,41,42)(H,43,44)(H2,34,36,48)/t14-,15-,16-,17-,19-,24-,25-/m0/s1. The van der Waals surface area contributed by atoms with Crippen LogP contribution in [0.2, 0.25) is 0 Å². The molecule has 2 heterocycles. The Morgan fingerprint density at radius 1 is 0.796 bits per heavy atom. The van der Waals surface area contributed by atoms with E-state index in [4.69, 9.17) is 5.11 Å². The van der Waals surface area contributed by atoms with Crippen LogP contribution < -0.4 is 31.9 Å². The van der Waals surface area contributed by atoms with Crippen molar-refractivity contribution in [2.45, 2.75) is 107 Å². The van der Waals surface area contributed by atoms with Gasteiger partial charge in [0, 0.05) is 23.8 Å². The minimum absolute atomic E-state index is 0.00846. The summed E-state index contributed by atoms with van der Waals surface area (Å²) in [4.78, 5) is 109. The first-order valence-electron chi connectivity index (χ1n) is 15.7. The van der Waals surface area contributed by atoms with E-state index in [0.29, 0.717) is 19.3 Å². The van der Waals surface area contributed by atoms with E-state index in [9.17, 15) is 57.8 Å². The van der Waals surface area contributed by atoms with Gasteiger partial charge in [0.05, 0.1) is 24.9 Å². The van der Waals surface area contributed by atoms with Crippen LogP contribution in [0, 0.1) is 5.92 Å². The summed E-state index contributed by atoms with van der Waals surface area (Å²) < 4.78 is 13.0. The van der Waals surface area contributed by atoms with Crippen LogP contribution in [0.5, 0.6) is 0 Å². The largest absolute Gasteiger partial charge is 0.481 e. The van der Waals surface area contributed by atoms with Crippen molar-refractivity contribution < 1.29 is 62.9 Å². The molecule has 0 unspecified atom stereocenters. The van der Waals surface area contributed by atoms with Gasteiger partial charge in [-0.3, -0.25) is 38.4 Å². The molecule has 0 aliphatic carbocycles. The van der Waals surface area contributed by atoms with Crippen molar-refractivity contribution >= 4 is 65.1 Å². The van der Waals surface area contributed by atoms with E-state index in [0.717, 1.165) is 5.75 Å². The van der Waals surface area contributed by atoms with Gasteiger partial charge in [-0.15, -0.1) is 0 Å². The molecule has 2 aliphatic rings. The normalized spacial score (nSPS) is 20.4. The zero-order chi connectivity index (χ0) is 36.8. The van der Waals surface area contributed by atoms with E-state index in [-0.39, 0.29) is 29.8 Å². The van der Waals surface area contributed by atoms with Gasteiger partial charge in [-0.1, -0.05) is 20.3 Å². The summed E-state index contributed by atoms with van der Waals surface area (Å²) in [5.74, 6) is -9.33. The van der Waals surface area contributed by atoms with Crippen LogP contribution in [-0.2, 0) is 38.4 Å². The third-order valence-corrected chi connectivity index (χ3v) is 9.36. The zero-order valence-electron chi connectivity index (χ0n) is 27.0. The molecule has 0 spiro atoms. The lowest BCUT2D eigenvalue weighted by molar-refractivity contribution is -0.142. The van der Waals surface area contributed by atoms with E-state index in [1.807, 2.05) is 0 Å². The number of aliphatic carboxylic acids is 3. The second-order valence-electron chi connectivity index (χ2n) is 12.1. The van der Waals surface area contributed by atoms with Gasteiger partial charge >= 0.3 is 23.9 Å². The number of hydrogen-bond donors (Lipinski definition) is 9. The predicted molar refractivity (Wildman–Crippen MR) is 169 cm³/mol. The Bertz CT molecular complexity index is 1290. The lowest BCUT2D eigenvalue weighted by Gasteiger charge is -2.27. The fraction of sp³-hybridized carbons (Fsp3) is 0.690. The molecule has 2 fully saturated rings. The number of carbonyl (C=O) groups is 9. The second kappa shape index (κ2) is 19.5. The number of rotatable bonds is 22. The molecule has 0 saturated carbocycles. The van der Waals surface area contributed by atoms with E-state index in [1.165, 1.54) is 13.8 Å². The number of halogens is 1. The first kappa shape index (κ1) is 40.7. The monoisotopic (exact) mass is 718 g/mol. The smallest absolute Gasteiger partial charge is 0.315 e. The number of carboxylic acids is 3. The van der Waals surface area contributed by atoms with Gasteiger partial charge < -0.3 is 47.2 Å². The molecule has 0 bridgehead atoms. The molecule has 18 nitrogen and oxygen atoms in total. The van der Waals surface area contributed by atoms with Crippen molar-refractivity contribution in [3.8, 4) is 0 Å². The van der Waals surface area contributed by atoms with Crippen molar-refractivity contribution in [2.75, 3.05) is 12.4 Å². The molecule has 274 valence electrons. The minimum atomic E-state index is -1.74. The number of thioether (sulfide) groups is 1. The molecule has 7 atom stereocenters. The van der Waals surface area contributed by atoms with Crippen molar-refractivity contribution in [1.82, 2.24) is 31.9 Å². The van der Waals surface area contributed by atoms with Crippen LogP contribution in [0.3, 0.4) is 0 Å². The van der Waals surface area contributed by atoms with Crippen LogP contribution in [0.4, 0.5) is 9.18 Å². The predicted octanol–water partition coefficient (Wildman–Crippen LogP) is -1.34. The van der Waals surface area contributed by atoms with Gasteiger partial charge in [0.2, 0.25) is 23.6 Å². The number of fused-ring (bicyclic) bond motifs is 1. The molecule has 0 aromatic carbocycles. The Kier molecular flexibility index (Phi) is 16.2. The summed E-state index contributed by atoms with van der Waals surface area (Å²) >= 11 is 1.71. The van der Waals surface area contributed by atoms with Crippen LogP contribution in [-0.4, -0.2) is 123 Å². The Balaban J connectivity index is 2.05. The molecule has 2 aliphatic heterocycles. The van der Waals surface area contributed by atoms with Gasteiger partial charge in [-0.05, 0) is 25.2 Å². The number of unbranched alkanes of at least 4 members (excludes halogenated alkanes) is 1. The summed E-state index contributed by atoms with van der Waals surface area (Å²) in [6, 6.07) is -6.66. The van der Waals surface area contributed by atoms with E-state index in [1.54, 1.807) is 11.8 Å². The maximum absolute atomic E-state index is 13.2. The summed E-state index contributed by atoms with van der Waals surface area (Å²) in [5.41, 5.74) is 0. The van der Waals surface area contributed by atoms with E-state index in [2.05, 4.69) is 31.9 Å². The molecular weight excluding hydrogens is 675 g/mol. The van der Waals surface area contributed by atoms with Crippen molar-refractivity contribution in [1.29, 1.82) is 0 Å². The Morgan fingerprint density at radius 2 is 1.41 bits per heavy atom. The topological polar surface area (TPSA) is 286 Å². The molecular formula is C29H43FN6O12S. The lowest BCUT2D eigenvalue weighted by Crippen LogP contribution is -2.59. The Hall–Kier alpha value is -4.49. The average molecular weight is 719 g/mol. The number of ketones is 1. The Labute approximate surface area is 284 Å². The number of amides is 6. The number of urea groups is 1. The van der Waals surface area contributed by atoms with Crippen molar-refractivity contribution in [3.05, 3.63) is 0 Å². The molecule has 0 aromatic rings. The highest BCUT2D eigenvalue weighted by Gasteiger charge is 2.42. The van der Waals surface area contributed by atoms with Crippen LogP contribution in [0.1, 0.15) is 65.2 Å². The maximum atomic E-state index is 13.2. The quantitative estimate of drug-likeness (QED) is 0.0463. The number of carboxylic acid groups (broad SMARTS) is 3. The Morgan fingerprint density at radius 3 is 2.00 bits per heavy atom. The fourth-order valence-corrected chi connectivity index (χ4v) is 6.84. The van der Waals surface area contributed by atoms with Crippen LogP contribution in [0.15, 0.2) is 0 Å². The SMILES string of the molecule is CC(C)[C@H](NC(=O)[C@H](CCC(=O)O)NC(=O)[C@H](CC(=O)O)NC(=O)CCCC[C@@H]1SC[C@@H]2NC(=O)N[C@@H]21)C(=O)N[C@@H](CC(=O)O)C(=O)CF. The first-order valence-corrected chi connectivity index (χ1v) is 16.7. The molecule has 6 amide bonds. The molecule has 0 aromatic heterocycles. The maximum Gasteiger partial charge on any atom is 0.315 e. The average Bonchev–Trinajstić information content (AvgIpc) is 3.56. The molecule has 0 radical (unpaired) electrons. The van der Waals surface area contributed by atoms with Gasteiger partial charge in [-0.25, -0.2) is 9.18 Å². The van der Waals surface area contributed by atoms with Crippen LogP contribution >= 0.6 is 11.8 Å². The van der Waals surface area contributed by atoms with Crippen LogP contribution in [0.25, 0.3) is 0 Å². The third-order valence-electron chi connectivity index (χ3n) is 7.85. The highest BCUT2D eigenvalue weighted by Crippen LogP contribution is 2.33. The number of carbonyl (C=O) groups excluding carboxylic acids is 6. The van der Waals surface area contributed by atoms with E-state index < -0.39 is 110 Å². The van der Waals surface area contributed by atoms with E-state index >= 15 is 0 Å². The molecule has 20 heteroatoms. The van der Waals surface area contributed by atoms with Crippen molar-refractivity contribution in [2.24, 2.45) is 5.92 Å². The number of hydrogen-bond acceptors (Lipinski definition) is 10. The lowest BCUT2D eigenvalue weighted by atomic mass is 10.0. The fourth-order valence-electron chi connectivity index (χ4n) is 5.30. The third kappa shape index (κ3) is 13.5. The van der Waals surface area contributed by atoms with Crippen molar-refractivity contribution in [3.63, 3.8) is 0 Å². The number of nitrogens with one attached hydrogen (secondary N) is 6.